The maximum absolute atomic E-state index is 11.9. The van der Waals surface area contributed by atoms with E-state index in [0.717, 1.165) is 11.1 Å². The molecule has 0 radical (unpaired) electrons. The molecule has 0 unspecified atom stereocenters. The number of rotatable bonds is 3. The van der Waals surface area contributed by atoms with Gasteiger partial charge in [-0.05, 0) is 37.1 Å². The summed E-state index contributed by atoms with van der Waals surface area (Å²) in [6, 6.07) is 10.4. The third-order valence-electron chi connectivity index (χ3n) is 3.26. The lowest BCUT2D eigenvalue weighted by molar-refractivity contribution is -0.136. The maximum Gasteiger partial charge on any atom is 0.329 e. The van der Waals surface area contributed by atoms with Crippen molar-refractivity contribution in [3.05, 3.63) is 63.1 Å². The molecule has 0 aliphatic carbocycles. The summed E-state index contributed by atoms with van der Waals surface area (Å²) >= 11 is 11.8. The monoisotopic (exact) mass is 363 g/mol. The largest absolute Gasteiger partial charge is 0.329 e. The summed E-state index contributed by atoms with van der Waals surface area (Å²) in [6.45, 7) is 3.70. The minimum atomic E-state index is -0.876. The molecule has 2 rings (SSSR count). The first-order valence-electron chi connectivity index (χ1n) is 7.04. The Hall–Kier alpha value is -2.37. The molecule has 0 atom stereocenters. The van der Waals surface area contributed by atoms with Gasteiger partial charge in [0.15, 0.2) is 0 Å². The number of anilines is 1. The van der Waals surface area contributed by atoms with Crippen molar-refractivity contribution in [3.8, 4) is 0 Å². The second-order valence-corrected chi connectivity index (χ2v) is 5.93. The zero-order valence-corrected chi connectivity index (χ0v) is 14.6. The Morgan fingerprint density at radius 2 is 1.71 bits per heavy atom. The Morgan fingerprint density at radius 3 is 2.33 bits per heavy atom. The number of carbonyl (C=O) groups excluding carboxylic acids is 2. The molecule has 2 amide bonds. The molecule has 0 bridgehead atoms. The van der Waals surface area contributed by atoms with Gasteiger partial charge in [0.1, 0.15) is 0 Å². The van der Waals surface area contributed by atoms with Gasteiger partial charge >= 0.3 is 11.8 Å². The van der Waals surface area contributed by atoms with Gasteiger partial charge in [-0.1, -0.05) is 47.5 Å². The lowest BCUT2D eigenvalue weighted by Gasteiger charge is -2.10. The van der Waals surface area contributed by atoms with E-state index in [9.17, 15) is 9.59 Å². The average molecular weight is 364 g/mol. The molecule has 124 valence electrons. The number of para-hydroxylation sites is 1. The number of aryl methyl sites for hydroxylation is 2. The highest BCUT2D eigenvalue weighted by Crippen LogP contribution is 2.20. The number of hydrazone groups is 1. The van der Waals surface area contributed by atoms with E-state index in [1.54, 1.807) is 18.2 Å². The summed E-state index contributed by atoms with van der Waals surface area (Å²) in [5.41, 5.74) is 5.07. The van der Waals surface area contributed by atoms with Crippen LogP contribution in [0.25, 0.3) is 0 Å². The second-order valence-electron chi connectivity index (χ2n) is 5.09. The number of hydrogen-bond acceptors (Lipinski definition) is 3. The van der Waals surface area contributed by atoms with Crippen LogP contribution in [-0.2, 0) is 9.59 Å². The van der Waals surface area contributed by atoms with Gasteiger partial charge in [0.25, 0.3) is 0 Å². The third kappa shape index (κ3) is 4.57. The second kappa shape index (κ2) is 7.95. The molecule has 0 saturated heterocycles. The fourth-order valence-corrected chi connectivity index (χ4v) is 2.46. The predicted octanol–water partition coefficient (Wildman–Crippen LogP) is 3.70. The molecular weight excluding hydrogens is 349 g/mol. The quantitative estimate of drug-likeness (QED) is 0.495. The highest BCUT2D eigenvalue weighted by atomic mass is 35.5. The number of nitrogens with zero attached hydrogens (tertiary/aromatic N) is 1. The molecule has 5 nitrogen and oxygen atoms in total. The standard InChI is InChI=1S/C17H15Cl2N3O2/c1-10-4-3-5-11(2)15(10)21-16(23)17(24)22-20-9-12-6-7-13(18)8-14(12)19/h3-9H,1-2H3,(H,21,23)(H,22,24)/b20-9+. The van der Waals surface area contributed by atoms with Crippen molar-refractivity contribution in [3.63, 3.8) is 0 Å². The zero-order valence-electron chi connectivity index (χ0n) is 13.1. The van der Waals surface area contributed by atoms with Crippen LogP contribution in [0.1, 0.15) is 16.7 Å². The highest BCUT2D eigenvalue weighted by Gasteiger charge is 2.15. The Balaban J connectivity index is 1.99. The van der Waals surface area contributed by atoms with Crippen LogP contribution < -0.4 is 10.7 Å². The van der Waals surface area contributed by atoms with Gasteiger partial charge < -0.3 is 5.32 Å². The van der Waals surface area contributed by atoms with Crippen LogP contribution in [0.3, 0.4) is 0 Å². The normalized spacial score (nSPS) is 10.7. The first-order chi connectivity index (χ1) is 11.4. The van der Waals surface area contributed by atoms with Gasteiger partial charge in [0, 0.05) is 16.3 Å². The number of amides is 2. The smallest absolute Gasteiger partial charge is 0.317 e. The summed E-state index contributed by atoms with van der Waals surface area (Å²) < 4.78 is 0. The van der Waals surface area contributed by atoms with E-state index in [1.165, 1.54) is 6.21 Å². The van der Waals surface area contributed by atoms with Crippen molar-refractivity contribution in [1.82, 2.24) is 5.43 Å². The lowest BCUT2D eigenvalue weighted by Crippen LogP contribution is -2.32. The van der Waals surface area contributed by atoms with Crippen molar-refractivity contribution in [2.45, 2.75) is 13.8 Å². The SMILES string of the molecule is Cc1cccc(C)c1NC(=O)C(=O)N/N=C/c1ccc(Cl)cc1Cl. The van der Waals surface area contributed by atoms with Crippen LogP contribution in [0, 0.1) is 13.8 Å². The van der Waals surface area contributed by atoms with E-state index in [2.05, 4.69) is 15.8 Å². The Bertz CT molecular complexity index is 799. The summed E-state index contributed by atoms with van der Waals surface area (Å²) in [5.74, 6) is -1.68. The van der Waals surface area contributed by atoms with Gasteiger partial charge in [-0.3, -0.25) is 9.59 Å². The zero-order chi connectivity index (χ0) is 17.7. The van der Waals surface area contributed by atoms with Crippen LogP contribution >= 0.6 is 23.2 Å². The Morgan fingerprint density at radius 1 is 1.04 bits per heavy atom. The van der Waals surface area contributed by atoms with Crippen LogP contribution in [0.2, 0.25) is 10.0 Å². The number of hydrogen-bond donors (Lipinski definition) is 2. The predicted molar refractivity (Wildman–Crippen MR) is 96.7 cm³/mol. The van der Waals surface area contributed by atoms with E-state index >= 15 is 0 Å². The van der Waals surface area contributed by atoms with Crippen LogP contribution in [0.15, 0.2) is 41.5 Å². The molecule has 0 spiro atoms. The summed E-state index contributed by atoms with van der Waals surface area (Å²) in [6.07, 6.45) is 1.34. The van der Waals surface area contributed by atoms with E-state index in [4.69, 9.17) is 23.2 Å². The van der Waals surface area contributed by atoms with Gasteiger partial charge in [-0.15, -0.1) is 0 Å². The minimum Gasteiger partial charge on any atom is -0.317 e. The average Bonchev–Trinajstić information content (AvgIpc) is 2.52. The van der Waals surface area contributed by atoms with Crippen LogP contribution in [0.4, 0.5) is 5.69 Å². The molecule has 7 heteroatoms. The van der Waals surface area contributed by atoms with Crippen LogP contribution in [-0.4, -0.2) is 18.0 Å². The van der Waals surface area contributed by atoms with Gasteiger partial charge in [-0.2, -0.15) is 5.10 Å². The fraction of sp³-hybridized carbons (Fsp3) is 0.118. The lowest BCUT2D eigenvalue weighted by atomic mass is 10.1. The van der Waals surface area contributed by atoms with Crippen molar-refractivity contribution in [2.24, 2.45) is 5.10 Å². The summed E-state index contributed by atoms with van der Waals surface area (Å²) in [7, 11) is 0. The van der Waals surface area contributed by atoms with Gasteiger partial charge in [0.2, 0.25) is 0 Å². The number of carbonyl (C=O) groups is 2. The number of halogens is 2. The first kappa shape index (κ1) is 18.0. The Kier molecular flexibility index (Phi) is 5.95. The van der Waals surface area contributed by atoms with Gasteiger partial charge in [-0.25, -0.2) is 5.43 Å². The fourth-order valence-electron chi connectivity index (χ4n) is 2.00. The maximum atomic E-state index is 11.9. The van der Waals surface area contributed by atoms with E-state index < -0.39 is 11.8 Å². The summed E-state index contributed by atoms with van der Waals surface area (Å²) in [5, 5.41) is 7.19. The third-order valence-corrected chi connectivity index (χ3v) is 3.82. The minimum absolute atomic E-state index is 0.389. The molecule has 24 heavy (non-hydrogen) atoms. The van der Waals surface area contributed by atoms with Crippen molar-refractivity contribution >= 4 is 46.9 Å². The molecule has 0 aliphatic heterocycles. The summed E-state index contributed by atoms with van der Waals surface area (Å²) in [4.78, 5) is 23.7. The topological polar surface area (TPSA) is 70.6 Å². The molecule has 0 heterocycles. The van der Waals surface area contributed by atoms with E-state index in [1.807, 2.05) is 32.0 Å². The van der Waals surface area contributed by atoms with Crippen LogP contribution in [0.5, 0.6) is 0 Å². The Labute approximate surface area is 149 Å². The van der Waals surface area contributed by atoms with Crippen molar-refractivity contribution in [1.29, 1.82) is 0 Å². The molecule has 2 aromatic carbocycles. The van der Waals surface area contributed by atoms with E-state index in [-0.39, 0.29) is 0 Å². The molecular formula is C17H15Cl2N3O2. The van der Waals surface area contributed by atoms with Crippen molar-refractivity contribution < 1.29 is 9.59 Å². The molecule has 2 N–H and O–H groups in total. The van der Waals surface area contributed by atoms with Crippen molar-refractivity contribution in [2.75, 3.05) is 5.32 Å². The number of benzene rings is 2. The number of nitrogens with one attached hydrogen (secondary N) is 2. The highest BCUT2D eigenvalue weighted by molar-refractivity contribution is 6.40. The molecule has 0 fully saturated rings. The molecule has 0 aliphatic rings. The van der Waals surface area contributed by atoms with Gasteiger partial charge in [0.05, 0.1) is 11.2 Å². The van der Waals surface area contributed by atoms with E-state index in [0.29, 0.717) is 21.3 Å². The first-order valence-corrected chi connectivity index (χ1v) is 7.79. The molecule has 0 saturated carbocycles. The molecule has 2 aromatic rings. The molecule has 0 aromatic heterocycles.